The average Bonchev–Trinajstić information content (AvgIpc) is 3.02. The Morgan fingerprint density at radius 1 is 1.15 bits per heavy atom. The van der Waals surface area contributed by atoms with Crippen LogP contribution in [0, 0.1) is 24.0 Å². The molecular formula is C19H18N4O4. The van der Waals surface area contributed by atoms with E-state index in [0.717, 1.165) is 5.56 Å². The summed E-state index contributed by atoms with van der Waals surface area (Å²) in [5.74, 6) is 0.782. The van der Waals surface area contributed by atoms with E-state index >= 15 is 0 Å². The first kappa shape index (κ1) is 18.1. The summed E-state index contributed by atoms with van der Waals surface area (Å²) in [6.07, 6.45) is 0. The van der Waals surface area contributed by atoms with Gasteiger partial charge in [0.15, 0.2) is 0 Å². The fourth-order valence-electron chi connectivity index (χ4n) is 2.65. The van der Waals surface area contributed by atoms with Crippen LogP contribution in [0.15, 0.2) is 48.5 Å². The van der Waals surface area contributed by atoms with Gasteiger partial charge in [-0.3, -0.25) is 14.9 Å². The molecule has 8 nitrogen and oxygen atoms in total. The predicted octanol–water partition coefficient (Wildman–Crippen LogP) is 3.66. The molecule has 1 heterocycles. The summed E-state index contributed by atoms with van der Waals surface area (Å²) < 4.78 is 6.79. The lowest BCUT2D eigenvalue weighted by atomic mass is 10.1. The number of hydrogen-bond donors (Lipinski definition) is 1. The van der Waals surface area contributed by atoms with Gasteiger partial charge in [0.1, 0.15) is 11.6 Å². The van der Waals surface area contributed by atoms with Crippen LogP contribution in [0.2, 0.25) is 0 Å². The summed E-state index contributed by atoms with van der Waals surface area (Å²) >= 11 is 0. The van der Waals surface area contributed by atoms with Crippen molar-refractivity contribution < 1.29 is 14.5 Å². The van der Waals surface area contributed by atoms with Crippen LogP contribution in [-0.2, 0) is 0 Å². The third-order valence-electron chi connectivity index (χ3n) is 4.05. The molecule has 8 heteroatoms. The van der Waals surface area contributed by atoms with Crippen LogP contribution in [0.3, 0.4) is 0 Å². The Hall–Kier alpha value is -3.68. The summed E-state index contributed by atoms with van der Waals surface area (Å²) in [5.41, 5.74) is 2.67. The first-order chi connectivity index (χ1) is 12.9. The minimum atomic E-state index is -0.467. The third-order valence-corrected chi connectivity index (χ3v) is 4.05. The summed E-state index contributed by atoms with van der Waals surface area (Å²) in [5, 5.41) is 18.0. The molecule has 0 fully saturated rings. The van der Waals surface area contributed by atoms with Crippen LogP contribution < -0.4 is 10.1 Å². The van der Waals surface area contributed by atoms with E-state index in [9.17, 15) is 14.9 Å². The zero-order valence-corrected chi connectivity index (χ0v) is 15.1. The maximum absolute atomic E-state index is 12.6. The molecule has 0 spiro atoms. The van der Waals surface area contributed by atoms with Gasteiger partial charge < -0.3 is 10.1 Å². The fraction of sp³-hybridized carbons (Fsp3) is 0.158. The standard InChI is InChI=1S/C19H18N4O4/c1-12-4-5-14(11-17(12)27-3)19(24)20-18-10-13(2)21-22(18)15-6-8-16(9-7-15)23(25)26/h4-11H,1-3H3,(H,20,24). The number of aryl methyl sites for hydroxylation is 2. The van der Waals surface area contributed by atoms with Crippen LogP contribution in [-0.4, -0.2) is 27.7 Å². The zero-order chi connectivity index (χ0) is 19.6. The third kappa shape index (κ3) is 3.79. The molecule has 0 saturated carbocycles. The van der Waals surface area contributed by atoms with Crippen LogP contribution in [0.25, 0.3) is 5.69 Å². The van der Waals surface area contributed by atoms with Crippen LogP contribution in [0.4, 0.5) is 11.5 Å². The Morgan fingerprint density at radius 3 is 2.48 bits per heavy atom. The number of rotatable bonds is 5. The highest BCUT2D eigenvalue weighted by molar-refractivity contribution is 6.04. The molecule has 2 aromatic carbocycles. The second kappa shape index (κ2) is 7.28. The van der Waals surface area contributed by atoms with Gasteiger partial charge in [0.05, 0.1) is 23.4 Å². The Bertz CT molecular complexity index is 1010. The number of hydrogen-bond acceptors (Lipinski definition) is 5. The van der Waals surface area contributed by atoms with Gasteiger partial charge in [-0.2, -0.15) is 5.10 Å². The van der Waals surface area contributed by atoms with Gasteiger partial charge in [-0.25, -0.2) is 4.68 Å². The molecule has 0 saturated heterocycles. The molecule has 0 atom stereocenters. The van der Waals surface area contributed by atoms with E-state index in [-0.39, 0.29) is 11.6 Å². The maximum atomic E-state index is 12.6. The molecule has 1 N–H and O–H groups in total. The molecule has 1 amide bonds. The van der Waals surface area contributed by atoms with Crippen molar-refractivity contribution in [3.63, 3.8) is 0 Å². The van der Waals surface area contributed by atoms with Crippen molar-refractivity contribution in [2.24, 2.45) is 0 Å². The number of benzene rings is 2. The average molecular weight is 366 g/mol. The minimum Gasteiger partial charge on any atom is -0.496 e. The number of carbonyl (C=O) groups excluding carboxylic acids is 1. The molecule has 27 heavy (non-hydrogen) atoms. The van der Waals surface area contributed by atoms with Gasteiger partial charge in [0, 0.05) is 23.8 Å². The van der Waals surface area contributed by atoms with Crippen molar-refractivity contribution in [3.8, 4) is 11.4 Å². The topological polar surface area (TPSA) is 99.3 Å². The molecular weight excluding hydrogens is 348 g/mol. The SMILES string of the molecule is COc1cc(C(=O)Nc2cc(C)nn2-c2ccc([N+](=O)[O-])cc2)ccc1C. The molecule has 0 radical (unpaired) electrons. The molecule has 138 valence electrons. The number of nitrogens with one attached hydrogen (secondary N) is 1. The summed E-state index contributed by atoms with van der Waals surface area (Å²) in [4.78, 5) is 23.0. The van der Waals surface area contributed by atoms with Crippen LogP contribution in [0.5, 0.6) is 5.75 Å². The smallest absolute Gasteiger partial charge is 0.269 e. The number of nitrogens with zero attached hydrogens (tertiary/aromatic N) is 3. The number of amides is 1. The number of nitro benzene ring substituents is 1. The van der Waals surface area contributed by atoms with E-state index in [4.69, 9.17) is 4.74 Å². The van der Waals surface area contributed by atoms with Gasteiger partial charge in [-0.05, 0) is 43.7 Å². The lowest BCUT2D eigenvalue weighted by molar-refractivity contribution is -0.384. The van der Waals surface area contributed by atoms with E-state index in [1.165, 1.54) is 16.8 Å². The van der Waals surface area contributed by atoms with Gasteiger partial charge in [0.25, 0.3) is 11.6 Å². The number of non-ortho nitro benzene ring substituents is 1. The van der Waals surface area contributed by atoms with Crippen LogP contribution in [0.1, 0.15) is 21.6 Å². The lowest BCUT2D eigenvalue weighted by Gasteiger charge is -2.10. The molecule has 0 aliphatic heterocycles. The Morgan fingerprint density at radius 2 is 1.85 bits per heavy atom. The molecule has 0 bridgehead atoms. The highest BCUT2D eigenvalue weighted by Gasteiger charge is 2.14. The summed E-state index contributed by atoms with van der Waals surface area (Å²) in [7, 11) is 1.55. The first-order valence-electron chi connectivity index (χ1n) is 8.16. The molecule has 3 aromatic rings. The van der Waals surface area contributed by atoms with Gasteiger partial charge >= 0.3 is 0 Å². The van der Waals surface area contributed by atoms with Crippen molar-refractivity contribution in [1.82, 2.24) is 9.78 Å². The quantitative estimate of drug-likeness (QED) is 0.549. The Labute approximate surface area is 155 Å². The van der Waals surface area contributed by atoms with E-state index in [0.29, 0.717) is 28.5 Å². The number of methoxy groups -OCH3 is 1. The number of carbonyl (C=O) groups is 1. The largest absolute Gasteiger partial charge is 0.496 e. The molecule has 0 aliphatic carbocycles. The van der Waals surface area contributed by atoms with Crippen molar-refractivity contribution in [2.75, 3.05) is 12.4 Å². The minimum absolute atomic E-state index is 0.0139. The maximum Gasteiger partial charge on any atom is 0.269 e. The zero-order valence-electron chi connectivity index (χ0n) is 15.1. The Balaban J connectivity index is 1.90. The normalized spacial score (nSPS) is 10.5. The van der Waals surface area contributed by atoms with Crippen molar-refractivity contribution in [1.29, 1.82) is 0 Å². The number of anilines is 1. The molecule has 0 unspecified atom stereocenters. The van der Waals surface area contributed by atoms with E-state index in [1.807, 2.05) is 13.0 Å². The monoisotopic (exact) mass is 366 g/mol. The Kier molecular flexibility index (Phi) is 4.89. The highest BCUT2D eigenvalue weighted by Crippen LogP contribution is 2.22. The van der Waals surface area contributed by atoms with Crippen molar-refractivity contribution in [3.05, 3.63) is 75.5 Å². The number of ether oxygens (including phenoxy) is 1. The molecule has 1 aromatic heterocycles. The lowest BCUT2D eigenvalue weighted by Crippen LogP contribution is -2.15. The summed E-state index contributed by atoms with van der Waals surface area (Å²) in [6, 6.07) is 12.9. The van der Waals surface area contributed by atoms with Crippen molar-refractivity contribution >= 4 is 17.4 Å². The van der Waals surface area contributed by atoms with Crippen molar-refractivity contribution in [2.45, 2.75) is 13.8 Å². The number of aromatic nitrogens is 2. The summed E-state index contributed by atoms with van der Waals surface area (Å²) in [6.45, 7) is 3.69. The molecule has 3 rings (SSSR count). The second-order valence-corrected chi connectivity index (χ2v) is 5.99. The van der Waals surface area contributed by atoms with Gasteiger partial charge in [-0.15, -0.1) is 0 Å². The van der Waals surface area contributed by atoms with Gasteiger partial charge in [-0.1, -0.05) is 6.07 Å². The molecule has 0 aliphatic rings. The van der Waals surface area contributed by atoms with Gasteiger partial charge in [0.2, 0.25) is 0 Å². The van der Waals surface area contributed by atoms with E-state index in [2.05, 4.69) is 10.4 Å². The highest BCUT2D eigenvalue weighted by atomic mass is 16.6. The first-order valence-corrected chi connectivity index (χ1v) is 8.16. The van der Waals surface area contributed by atoms with E-state index < -0.39 is 4.92 Å². The van der Waals surface area contributed by atoms with E-state index in [1.54, 1.807) is 44.4 Å². The number of nitro groups is 1. The van der Waals surface area contributed by atoms with Crippen LogP contribution >= 0.6 is 0 Å². The fourth-order valence-corrected chi connectivity index (χ4v) is 2.65. The predicted molar refractivity (Wildman–Crippen MR) is 101 cm³/mol. The second-order valence-electron chi connectivity index (χ2n) is 5.99.